The van der Waals surface area contributed by atoms with Crippen molar-refractivity contribution in [3.8, 4) is 0 Å². The summed E-state index contributed by atoms with van der Waals surface area (Å²) in [5.74, 6) is 0.678. The molecule has 0 amide bonds. The number of rotatable bonds is 0. The van der Waals surface area contributed by atoms with E-state index in [0.717, 1.165) is 31.1 Å². The van der Waals surface area contributed by atoms with Gasteiger partial charge in [-0.05, 0) is 37.9 Å². The van der Waals surface area contributed by atoms with Gasteiger partial charge in [0.2, 0.25) is 5.78 Å². The molecule has 88 valence electrons. The minimum atomic E-state index is 0.678. The van der Waals surface area contributed by atoms with Crippen molar-refractivity contribution in [2.24, 2.45) is 0 Å². The Morgan fingerprint density at radius 1 is 1.11 bits per heavy atom. The molecular weight excluding hydrogens is 360 g/mol. The summed E-state index contributed by atoms with van der Waals surface area (Å²) in [6.45, 7) is 0. The fourth-order valence-corrected chi connectivity index (χ4v) is 2.72. The van der Waals surface area contributed by atoms with E-state index in [0.29, 0.717) is 5.78 Å². The highest BCUT2D eigenvalue weighted by Crippen LogP contribution is 2.28. The maximum absolute atomic E-state index is 4.58. The highest BCUT2D eigenvalue weighted by Gasteiger charge is 2.13. The van der Waals surface area contributed by atoms with Crippen LogP contribution < -0.4 is 0 Å². The molecule has 0 saturated carbocycles. The van der Waals surface area contributed by atoms with Crippen molar-refractivity contribution >= 4 is 59.7 Å². The summed E-state index contributed by atoms with van der Waals surface area (Å²) in [6.07, 6.45) is 1.96. The minimum absolute atomic E-state index is 0.678. The molecule has 1 aromatic carbocycles. The molecule has 0 aliphatic carbocycles. The molecule has 0 spiro atoms. The lowest BCUT2D eigenvalue weighted by Gasteiger charge is -1.97. The van der Waals surface area contributed by atoms with E-state index < -0.39 is 0 Å². The first-order valence-corrected chi connectivity index (χ1v) is 6.93. The monoisotopic (exact) mass is 364 g/mol. The van der Waals surface area contributed by atoms with Crippen LogP contribution in [0.25, 0.3) is 27.8 Å². The van der Waals surface area contributed by atoms with Gasteiger partial charge in [-0.15, -0.1) is 0 Å². The molecule has 3 heterocycles. The predicted molar refractivity (Wildman–Crippen MR) is 77.7 cm³/mol. The largest absolute Gasteiger partial charge is 0.339 e. The second-order valence-electron chi connectivity index (χ2n) is 4.03. The zero-order valence-electron chi connectivity index (χ0n) is 8.98. The number of para-hydroxylation sites is 1. The van der Waals surface area contributed by atoms with Crippen LogP contribution in [0.5, 0.6) is 0 Å². The van der Waals surface area contributed by atoms with E-state index in [1.165, 1.54) is 0 Å². The second-order valence-corrected chi connectivity index (χ2v) is 5.63. The van der Waals surface area contributed by atoms with E-state index in [9.17, 15) is 0 Å². The van der Waals surface area contributed by atoms with Crippen molar-refractivity contribution in [2.45, 2.75) is 0 Å². The molecule has 4 aromatic rings. The number of aromatic amines is 1. The molecular formula is C12H6Br2N4. The number of halogens is 2. The molecule has 0 fully saturated rings. The van der Waals surface area contributed by atoms with E-state index in [-0.39, 0.29) is 0 Å². The van der Waals surface area contributed by atoms with Crippen LogP contribution in [0.1, 0.15) is 0 Å². The molecule has 0 radical (unpaired) electrons. The Labute approximate surface area is 118 Å². The van der Waals surface area contributed by atoms with Gasteiger partial charge in [-0.2, -0.15) is 0 Å². The quantitative estimate of drug-likeness (QED) is 0.480. The number of imidazole rings is 1. The maximum Gasteiger partial charge on any atom is 0.237 e. The first kappa shape index (κ1) is 10.5. The van der Waals surface area contributed by atoms with E-state index >= 15 is 0 Å². The number of aromatic nitrogens is 4. The smallest absolute Gasteiger partial charge is 0.237 e. The van der Waals surface area contributed by atoms with Crippen LogP contribution in [0.2, 0.25) is 0 Å². The van der Waals surface area contributed by atoms with Gasteiger partial charge in [0, 0.05) is 17.1 Å². The molecule has 4 nitrogen and oxygen atoms in total. The Bertz CT molecular complexity index is 907. The average molecular weight is 366 g/mol. The number of nitrogens with zero attached hydrogens (tertiary/aromatic N) is 3. The molecule has 0 atom stereocenters. The molecule has 0 bridgehead atoms. The van der Waals surface area contributed by atoms with Gasteiger partial charge in [0.1, 0.15) is 15.8 Å². The zero-order valence-corrected chi connectivity index (χ0v) is 12.2. The van der Waals surface area contributed by atoms with Crippen LogP contribution in [0.4, 0.5) is 0 Å². The van der Waals surface area contributed by atoms with Gasteiger partial charge in [-0.3, -0.25) is 4.40 Å². The van der Waals surface area contributed by atoms with E-state index in [2.05, 4.69) is 52.9 Å². The van der Waals surface area contributed by atoms with Crippen LogP contribution in [-0.2, 0) is 0 Å². The van der Waals surface area contributed by atoms with Gasteiger partial charge in [0.15, 0.2) is 0 Å². The van der Waals surface area contributed by atoms with Gasteiger partial charge < -0.3 is 4.98 Å². The number of H-pyrrole nitrogens is 1. The summed E-state index contributed by atoms with van der Waals surface area (Å²) in [7, 11) is 0. The lowest BCUT2D eigenvalue weighted by atomic mass is 10.2. The van der Waals surface area contributed by atoms with Crippen LogP contribution in [0.3, 0.4) is 0 Å². The van der Waals surface area contributed by atoms with Crippen LogP contribution >= 0.6 is 31.9 Å². The molecule has 0 aliphatic heterocycles. The van der Waals surface area contributed by atoms with Gasteiger partial charge in [-0.1, -0.05) is 18.2 Å². The van der Waals surface area contributed by atoms with Crippen LogP contribution in [0, 0.1) is 0 Å². The molecule has 4 rings (SSSR count). The fourth-order valence-electron chi connectivity index (χ4n) is 2.16. The normalized spacial score (nSPS) is 11.9. The Kier molecular flexibility index (Phi) is 2.07. The number of benzene rings is 1. The fraction of sp³-hybridized carbons (Fsp3) is 0. The minimum Gasteiger partial charge on any atom is -0.339 e. The second kappa shape index (κ2) is 3.55. The molecule has 18 heavy (non-hydrogen) atoms. The third-order valence-corrected chi connectivity index (χ3v) is 4.68. The average Bonchev–Trinajstić information content (AvgIpc) is 2.87. The Balaban J connectivity index is 2.27. The summed E-state index contributed by atoms with van der Waals surface area (Å²) in [5, 5.41) is 1.12. The first-order valence-electron chi connectivity index (χ1n) is 5.34. The maximum atomic E-state index is 4.58. The van der Waals surface area contributed by atoms with Gasteiger partial charge in [-0.25, -0.2) is 9.97 Å². The lowest BCUT2D eigenvalue weighted by Crippen LogP contribution is -1.90. The van der Waals surface area contributed by atoms with Crippen LogP contribution in [0.15, 0.2) is 39.5 Å². The summed E-state index contributed by atoms with van der Waals surface area (Å²) in [4.78, 5) is 12.3. The molecule has 0 saturated heterocycles. The van der Waals surface area contributed by atoms with Crippen LogP contribution in [-0.4, -0.2) is 19.4 Å². The summed E-state index contributed by atoms with van der Waals surface area (Å²) in [5.41, 5.74) is 3.00. The zero-order chi connectivity index (χ0) is 12.3. The van der Waals surface area contributed by atoms with Gasteiger partial charge in [0.05, 0.1) is 4.47 Å². The summed E-state index contributed by atoms with van der Waals surface area (Å²) >= 11 is 6.85. The van der Waals surface area contributed by atoms with Gasteiger partial charge >= 0.3 is 0 Å². The topological polar surface area (TPSA) is 46.0 Å². The van der Waals surface area contributed by atoms with E-state index in [1.54, 1.807) is 0 Å². The molecule has 0 aliphatic rings. The SMILES string of the molecule is Brc1cn2c(nc1Br)nc1c3ccccc3[nH]c12. The molecule has 6 heteroatoms. The van der Waals surface area contributed by atoms with Gasteiger partial charge in [0.25, 0.3) is 0 Å². The van der Waals surface area contributed by atoms with Crippen molar-refractivity contribution in [3.05, 3.63) is 39.5 Å². The summed E-state index contributed by atoms with van der Waals surface area (Å²) < 4.78 is 3.60. The Morgan fingerprint density at radius 2 is 1.94 bits per heavy atom. The van der Waals surface area contributed by atoms with Crippen molar-refractivity contribution in [2.75, 3.05) is 0 Å². The number of fused-ring (bicyclic) bond motifs is 5. The number of hydrogen-bond acceptors (Lipinski definition) is 2. The summed E-state index contributed by atoms with van der Waals surface area (Å²) in [6, 6.07) is 8.13. The lowest BCUT2D eigenvalue weighted by molar-refractivity contribution is 1.09. The first-order chi connectivity index (χ1) is 8.74. The standard InChI is InChI=1S/C12H6Br2N4/c13-7-5-18-11-9(16-12(18)17-10(7)14)6-3-1-2-4-8(6)15-11/h1-5,15H. The number of nitrogens with one attached hydrogen (secondary N) is 1. The highest BCUT2D eigenvalue weighted by molar-refractivity contribution is 9.13. The van der Waals surface area contributed by atoms with Crippen molar-refractivity contribution < 1.29 is 0 Å². The third-order valence-electron chi connectivity index (χ3n) is 2.97. The van der Waals surface area contributed by atoms with Crippen molar-refractivity contribution in [3.63, 3.8) is 0 Å². The third kappa shape index (κ3) is 1.30. The Hall–Kier alpha value is -1.40. The van der Waals surface area contributed by atoms with Crippen molar-refractivity contribution in [1.29, 1.82) is 0 Å². The van der Waals surface area contributed by atoms with E-state index in [1.807, 2.05) is 28.8 Å². The molecule has 0 unspecified atom stereocenters. The molecule has 1 N–H and O–H groups in total. The number of hydrogen-bond donors (Lipinski definition) is 1. The predicted octanol–water partition coefficient (Wildman–Crippen LogP) is 3.89. The molecule has 3 aromatic heterocycles. The van der Waals surface area contributed by atoms with E-state index in [4.69, 9.17) is 0 Å². The highest BCUT2D eigenvalue weighted by atomic mass is 79.9. The van der Waals surface area contributed by atoms with Crippen molar-refractivity contribution in [1.82, 2.24) is 19.4 Å². The Morgan fingerprint density at radius 3 is 2.83 bits per heavy atom.